The lowest BCUT2D eigenvalue weighted by Crippen LogP contribution is -2.56. The Morgan fingerprint density at radius 1 is 0.913 bits per heavy atom. The van der Waals surface area contributed by atoms with Crippen molar-refractivity contribution in [3.63, 3.8) is 0 Å². The van der Waals surface area contributed by atoms with E-state index < -0.39 is 0 Å². The molecule has 0 spiro atoms. The fourth-order valence-corrected chi connectivity index (χ4v) is 3.31. The van der Waals surface area contributed by atoms with E-state index >= 15 is 0 Å². The Kier molecular flexibility index (Phi) is 4.74. The van der Waals surface area contributed by atoms with Crippen LogP contribution in [0.3, 0.4) is 0 Å². The number of halogens is 2. The van der Waals surface area contributed by atoms with Crippen LogP contribution < -0.4 is 5.32 Å². The van der Waals surface area contributed by atoms with Crippen molar-refractivity contribution in [2.24, 2.45) is 0 Å². The van der Waals surface area contributed by atoms with Crippen LogP contribution in [0.15, 0.2) is 48.5 Å². The minimum Gasteiger partial charge on any atom is -0.311 e. The lowest BCUT2D eigenvalue weighted by Gasteiger charge is -2.43. The Morgan fingerprint density at radius 3 is 1.87 bits per heavy atom. The first-order chi connectivity index (χ1) is 11.1. The van der Waals surface area contributed by atoms with Gasteiger partial charge in [0.15, 0.2) is 0 Å². The van der Waals surface area contributed by atoms with Crippen LogP contribution in [0.4, 0.5) is 8.78 Å². The molecule has 2 aromatic rings. The van der Waals surface area contributed by atoms with E-state index in [1.165, 1.54) is 24.3 Å². The lowest BCUT2D eigenvalue weighted by molar-refractivity contribution is 0.106. The van der Waals surface area contributed by atoms with Crippen LogP contribution >= 0.6 is 0 Å². The van der Waals surface area contributed by atoms with Crippen LogP contribution in [0.2, 0.25) is 0 Å². The number of nitrogens with one attached hydrogen (secondary N) is 1. The number of benzene rings is 2. The van der Waals surface area contributed by atoms with Crippen molar-refractivity contribution in [1.82, 2.24) is 10.2 Å². The van der Waals surface area contributed by atoms with E-state index in [-0.39, 0.29) is 17.7 Å². The van der Waals surface area contributed by atoms with Gasteiger partial charge in [-0.15, -0.1) is 0 Å². The first-order valence-electron chi connectivity index (χ1n) is 8.06. The van der Waals surface area contributed by atoms with E-state index in [4.69, 9.17) is 0 Å². The summed E-state index contributed by atoms with van der Waals surface area (Å²) in [5, 5.41) is 3.48. The second-order valence-electron chi connectivity index (χ2n) is 6.23. The maximum atomic E-state index is 13.3. The maximum Gasteiger partial charge on any atom is 0.123 e. The van der Waals surface area contributed by atoms with Gasteiger partial charge in [-0.25, -0.2) is 8.78 Å². The third-order valence-electron chi connectivity index (χ3n) is 4.79. The average Bonchev–Trinajstić information content (AvgIpc) is 2.55. The molecule has 3 rings (SSSR count). The van der Waals surface area contributed by atoms with Gasteiger partial charge < -0.3 is 5.32 Å². The molecule has 1 aliphatic heterocycles. The third-order valence-corrected chi connectivity index (χ3v) is 4.79. The number of hydrogen-bond donors (Lipinski definition) is 1. The topological polar surface area (TPSA) is 15.3 Å². The molecule has 1 fully saturated rings. The first-order valence-corrected chi connectivity index (χ1v) is 8.06. The van der Waals surface area contributed by atoms with Gasteiger partial charge >= 0.3 is 0 Å². The van der Waals surface area contributed by atoms with Crippen molar-refractivity contribution in [2.45, 2.75) is 32.0 Å². The van der Waals surface area contributed by atoms with Crippen molar-refractivity contribution in [3.8, 4) is 0 Å². The Balaban J connectivity index is 2.02. The van der Waals surface area contributed by atoms with Gasteiger partial charge in [-0.05, 0) is 49.2 Å². The van der Waals surface area contributed by atoms with Crippen molar-refractivity contribution >= 4 is 0 Å². The summed E-state index contributed by atoms with van der Waals surface area (Å²) in [5.41, 5.74) is 2.05. The quantitative estimate of drug-likeness (QED) is 0.928. The van der Waals surface area contributed by atoms with Crippen LogP contribution in [0.5, 0.6) is 0 Å². The van der Waals surface area contributed by atoms with Crippen molar-refractivity contribution in [1.29, 1.82) is 0 Å². The molecule has 1 N–H and O–H groups in total. The minimum absolute atomic E-state index is 0.00394. The summed E-state index contributed by atoms with van der Waals surface area (Å²) in [6.07, 6.45) is 0. The first kappa shape index (κ1) is 16.1. The summed E-state index contributed by atoms with van der Waals surface area (Å²) in [6.45, 7) is 6.16. The molecular formula is C19H22F2N2. The third kappa shape index (κ3) is 3.43. The van der Waals surface area contributed by atoms with E-state index in [2.05, 4.69) is 24.1 Å². The molecule has 1 saturated heterocycles. The highest BCUT2D eigenvalue weighted by Gasteiger charge is 2.31. The highest BCUT2D eigenvalue weighted by atomic mass is 19.1. The van der Waals surface area contributed by atoms with Crippen LogP contribution in [-0.2, 0) is 0 Å². The van der Waals surface area contributed by atoms with Crippen molar-refractivity contribution in [2.75, 3.05) is 13.1 Å². The van der Waals surface area contributed by atoms with Gasteiger partial charge in [0.2, 0.25) is 0 Å². The molecule has 1 heterocycles. The maximum absolute atomic E-state index is 13.3. The highest BCUT2D eigenvalue weighted by Crippen LogP contribution is 2.32. The Morgan fingerprint density at radius 2 is 1.39 bits per heavy atom. The number of nitrogens with zero attached hydrogens (tertiary/aromatic N) is 1. The molecule has 0 aromatic heterocycles. The zero-order valence-corrected chi connectivity index (χ0v) is 13.5. The van der Waals surface area contributed by atoms with Gasteiger partial charge in [0.1, 0.15) is 11.6 Å². The molecule has 2 aromatic carbocycles. The Labute approximate surface area is 136 Å². The molecule has 2 atom stereocenters. The molecule has 0 saturated carbocycles. The van der Waals surface area contributed by atoms with Gasteiger partial charge in [0, 0.05) is 25.2 Å². The van der Waals surface area contributed by atoms with E-state index in [1.807, 2.05) is 24.3 Å². The summed E-state index contributed by atoms with van der Waals surface area (Å²) < 4.78 is 26.6. The molecule has 0 amide bonds. The Bertz CT molecular complexity index is 594. The molecule has 1 aliphatic rings. The predicted molar refractivity (Wildman–Crippen MR) is 88.3 cm³/mol. The number of hydrogen-bond acceptors (Lipinski definition) is 2. The largest absolute Gasteiger partial charge is 0.311 e. The minimum atomic E-state index is -0.242. The van der Waals surface area contributed by atoms with E-state index in [1.54, 1.807) is 0 Å². The smallest absolute Gasteiger partial charge is 0.123 e. The van der Waals surface area contributed by atoms with E-state index in [0.29, 0.717) is 12.1 Å². The second-order valence-corrected chi connectivity index (χ2v) is 6.23. The lowest BCUT2D eigenvalue weighted by atomic mass is 9.93. The zero-order chi connectivity index (χ0) is 16.4. The zero-order valence-electron chi connectivity index (χ0n) is 13.5. The van der Waals surface area contributed by atoms with Crippen LogP contribution in [-0.4, -0.2) is 30.1 Å². The monoisotopic (exact) mass is 316 g/mol. The molecule has 2 nitrogen and oxygen atoms in total. The normalized spacial score (nSPS) is 22.5. The fraction of sp³-hybridized carbons (Fsp3) is 0.368. The molecule has 2 unspecified atom stereocenters. The van der Waals surface area contributed by atoms with Crippen LogP contribution in [0.25, 0.3) is 0 Å². The highest BCUT2D eigenvalue weighted by molar-refractivity contribution is 5.33. The molecule has 122 valence electrons. The summed E-state index contributed by atoms with van der Waals surface area (Å²) in [7, 11) is 0. The van der Waals surface area contributed by atoms with Gasteiger partial charge in [0.05, 0.1) is 6.04 Å². The summed E-state index contributed by atoms with van der Waals surface area (Å²) in [6, 6.07) is 13.9. The fourth-order valence-electron chi connectivity index (χ4n) is 3.31. The van der Waals surface area contributed by atoms with Gasteiger partial charge in [-0.3, -0.25) is 4.90 Å². The van der Waals surface area contributed by atoms with E-state index in [9.17, 15) is 8.78 Å². The molecular weight excluding hydrogens is 294 g/mol. The SMILES string of the molecule is CC1NCCN(C(c2ccc(F)cc2)c2ccc(F)cc2)C1C. The van der Waals surface area contributed by atoms with Gasteiger partial charge in [0.25, 0.3) is 0 Å². The van der Waals surface area contributed by atoms with Crippen molar-refractivity contribution < 1.29 is 8.78 Å². The summed E-state index contributed by atoms with van der Waals surface area (Å²) in [4.78, 5) is 2.40. The standard InChI is InChI=1S/C19H22F2N2/c1-13-14(2)23(12-11-22-13)19(15-3-7-17(20)8-4-15)16-5-9-18(21)10-6-16/h3-10,13-14,19,22H,11-12H2,1-2H3. The van der Waals surface area contributed by atoms with Crippen LogP contribution in [0, 0.1) is 11.6 Å². The van der Waals surface area contributed by atoms with Gasteiger partial charge in [-0.2, -0.15) is 0 Å². The summed E-state index contributed by atoms with van der Waals surface area (Å²) in [5.74, 6) is -0.485. The number of piperazine rings is 1. The predicted octanol–water partition coefficient (Wildman–Crippen LogP) is 3.74. The van der Waals surface area contributed by atoms with E-state index in [0.717, 1.165) is 24.2 Å². The molecule has 0 radical (unpaired) electrons. The van der Waals surface area contributed by atoms with Crippen molar-refractivity contribution in [3.05, 3.63) is 71.3 Å². The molecule has 0 bridgehead atoms. The van der Waals surface area contributed by atoms with Gasteiger partial charge in [-0.1, -0.05) is 24.3 Å². The second kappa shape index (κ2) is 6.77. The van der Waals surface area contributed by atoms with Crippen LogP contribution in [0.1, 0.15) is 31.0 Å². The molecule has 4 heteroatoms. The number of rotatable bonds is 3. The summed E-state index contributed by atoms with van der Waals surface area (Å²) >= 11 is 0. The Hall–Kier alpha value is -1.78. The molecule has 23 heavy (non-hydrogen) atoms. The average molecular weight is 316 g/mol. The molecule has 0 aliphatic carbocycles.